The molecule has 1 saturated carbocycles. The zero-order valence-electron chi connectivity index (χ0n) is 10.1. The Balaban J connectivity index is 2.27. The molecule has 1 aromatic carbocycles. The quantitative estimate of drug-likeness (QED) is 0.640. The number of hydrogen-bond donors (Lipinski definition) is 2. The molecule has 0 aromatic heterocycles. The summed E-state index contributed by atoms with van der Waals surface area (Å²) in [6.45, 7) is 0. The van der Waals surface area contributed by atoms with Gasteiger partial charge in [-0.25, -0.2) is 0 Å². The molecule has 1 fully saturated rings. The van der Waals surface area contributed by atoms with Crippen molar-refractivity contribution in [2.75, 3.05) is 5.32 Å². The van der Waals surface area contributed by atoms with Crippen LogP contribution in [-0.2, 0) is 4.79 Å². The molecule has 2 N–H and O–H groups in total. The van der Waals surface area contributed by atoms with E-state index in [1.54, 1.807) is 6.07 Å². The number of hydrogen-bond acceptors (Lipinski definition) is 4. The van der Waals surface area contributed by atoms with Gasteiger partial charge in [-0.15, -0.1) is 0 Å². The lowest BCUT2D eigenvalue weighted by Crippen LogP contribution is -2.46. The van der Waals surface area contributed by atoms with Gasteiger partial charge in [0, 0.05) is 16.6 Å². The Morgan fingerprint density at radius 1 is 1.53 bits per heavy atom. The first kappa shape index (κ1) is 13.6. The van der Waals surface area contributed by atoms with Crippen LogP contribution in [0.15, 0.2) is 18.2 Å². The highest BCUT2D eigenvalue weighted by Crippen LogP contribution is 2.40. The molecule has 0 amide bonds. The summed E-state index contributed by atoms with van der Waals surface area (Å²) in [5.41, 5.74) is -0.399. The number of carbonyl (C=O) groups is 1. The van der Waals surface area contributed by atoms with E-state index in [1.807, 2.05) is 0 Å². The van der Waals surface area contributed by atoms with Crippen LogP contribution >= 0.6 is 11.6 Å². The fourth-order valence-corrected chi connectivity index (χ4v) is 2.45. The predicted octanol–water partition coefficient (Wildman–Crippen LogP) is 3.06. The fraction of sp³-hybridized carbons (Fsp3) is 0.417. The van der Waals surface area contributed by atoms with Gasteiger partial charge in [-0.3, -0.25) is 14.9 Å². The molecule has 0 saturated heterocycles. The molecule has 1 aromatic rings. The molecule has 102 valence electrons. The summed E-state index contributed by atoms with van der Waals surface area (Å²) in [6.07, 6.45) is 2.26. The van der Waals surface area contributed by atoms with Crippen LogP contribution in [0.25, 0.3) is 0 Å². The van der Waals surface area contributed by atoms with E-state index in [0.717, 1.165) is 6.42 Å². The van der Waals surface area contributed by atoms with Crippen molar-refractivity contribution in [2.45, 2.75) is 31.2 Å². The van der Waals surface area contributed by atoms with Crippen molar-refractivity contribution in [3.05, 3.63) is 33.3 Å². The predicted molar refractivity (Wildman–Crippen MR) is 70.6 cm³/mol. The van der Waals surface area contributed by atoms with E-state index in [1.165, 1.54) is 12.1 Å². The molecule has 0 aliphatic heterocycles. The molecule has 0 bridgehead atoms. The minimum absolute atomic E-state index is 0.0488. The number of nitro groups is 1. The summed E-state index contributed by atoms with van der Waals surface area (Å²) in [5.74, 6) is -0.913. The van der Waals surface area contributed by atoms with Crippen molar-refractivity contribution in [3.8, 4) is 0 Å². The lowest BCUT2D eigenvalue weighted by Gasteiger charge is -2.42. The summed E-state index contributed by atoms with van der Waals surface area (Å²) >= 11 is 5.74. The fourth-order valence-electron chi connectivity index (χ4n) is 2.29. The molecule has 2 rings (SSSR count). The number of carboxylic acids is 1. The monoisotopic (exact) mass is 284 g/mol. The third-order valence-electron chi connectivity index (χ3n) is 3.36. The lowest BCUT2D eigenvalue weighted by atomic mass is 9.74. The zero-order chi connectivity index (χ0) is 14.0. The van der Waals surface area contributed by atoms with Gasteiger partial charge in [-0.05, 0) is 31.4 Å². The number of nitrogens with one attached hydrogen (secondary N) is 1. The first-order valence-electron chi connectivity index (χ1n) is 5.86. The topological polar surface area (TPSA) is 92.5 Å². The molecule has 6 nitrogen and oxygen atoms in total. The van der Waals surface area contributed by atoms with Crippen LogP contribution in [0.1, 0.15) is 25.7 Å². The summed E-state index contributed by atoms with van der Waals surface area (Å²) in [5, 5.41) is 23.2. The molecular formula is C12H13ClN2O4. The maximum atomic E-state index is 11.0. The Hall–Kier alpha value is -1.82. The van der Waals surface area contributed by atoms with Gasteiger partial charge in [0.05, 0.1) is 11.3 Å². The molecule has 0 heterocycles. The molecule has 0 spiro atoms. The highest BCUT2D eigenvalue weighted by molar-refractivity contribution is 6.30. The van der Waals surface area contributed by atoms with Gasteiger partial charge in [0.1, 0.15) is 5.69 Å². The largest absolute Gasteiger partial charge is 0.481 e. The third kappa shape index (κ3) is 2.96. The van der Waals surface area contributed by atoms with Gasteiger partial charge in [-0.2, -0.15) is 0 Å². The third-order valence-corrected chi connectivity index (χ3v) is 3.59. The second-order valence-corrected chi connectivity index (χ2v) is 5.18. The Bertz CT molecular complexity index is 528. The summed E-state index contributed by atoms with van der Waals surface area (Å²) in [6, 6.07) is 4.32. The van der Waals surface area contributed by atoms with Crippen LogP contribution in [-0.4, -0.2) is 21.5 Å². The molecule has 0 atom stereocenters. The minimum atomic E-state index is -0.913. The summed E-state index contributed by atoms with van der Waals surface area (Å²) < 4.78 is 0. The number of aliphatic carboxylic acids is 1. The average molecular weight is 285 g/mol. The molecule has 7 heteroatoms. The molecule has 1 aliphatic rings. The highest BCUT2D eigenvalue weighted by Gasteiger charge is 2.40. The molecule has 1 aliphatic carbocycles. The number of carboxylic acid groups (broad SMARTS) is 1. The van der Waals surface area contributed by atoms with Crippen molar-refractivity contribution in [1.29, 1.82) is 0 Å². The average Bonchev–Trinajstić information content (AvgIpc) is 2.27. The molecule has 19 heavy (non-hydrogen) atoms. The Labute approximate surface area is 114 Å². The van der Waals surface area contributed by atoms with Crippen molar-refractivity contribution < 1.29 is 14.8 Å². The number of benzene rings is 1. The van der Waals surface area contributed by atoms with Gasteiger partial charge in [-0.1, -0.05) is 11.6 Å². The second-order valence-electron chi connectivity index (χ2n) is 4.75. The maximum Gasteiger partial charge on any atom is 0.305 e. The maximum absolute atomic E-state index is 11.0. The van der Waals surface area contributed by atoms with Gasteiger partial charge < -0.3 is 10.4 Å². The van der Waals surface area contributed by atoms with E-state index in [2.05, 4.69) is 5.32 Å². The first-order valence-corrected chi connectivity index (χ1v) is 6.24. The Kier molecular flexibility index (Phi) is 3.61. The van der Waals surface area contributed by atoms with Crippen LogP contribution in [0, 0.1) is 10.1 Å². The van der Waals surface area contributed by atoms with E-state index in [-0.39, 0.29) is 17.1 Å². The Morgan fingerprint density at radius 2 is 2.21 bits per heavy atom. The lowest BCUT2D eigenvalue weighted by molar-refractivity contribution is -0.384. The first-order chi connectivity index (χ1) is 8.92. The van der Waals surface area contributed by atoms with Gasteiger partial charge >= 0.3 is 5.97 Å². The van der Waals surface area contributed by atoms with E-state index < -0.39 is 16.4 Å². The van der Waals surface area contributed by atoms with Crippen LogP contribution in [0.5, 0.6) is 0 Å². The van der Waals surface area contributed by atoms with Crippen LogP contribution in [0.3, 0.4) is 0 Å². The van der Waals surface area contributed by atoms with Crippen molar-refractivity contribution in [2.24, 2.45) is 0 Å². The Morgan fingerprint density at radius 3 is 2.68 bits per heavy atom. The standard InChI is InChI=1S/C12H13ClN2O4/c13-8-2-3-9(10(6-8)15(18)19)14-12(4-1-5-12)7-11(16)17/h2-3,6,14H,1,4-5,7H2,(H,16,17). The molecular weight excluding hydrogens is 272 g/mol. The number of anilines is 1. The van der Waals surface area contributed by atoms with Crippen LogP contribution < -0.4 is 5.32 Å². The molecule has 0 unspecified atom stereocenters. The van der Waals surface area contributed by atoms with Crippen molar-refractivity contribution in [1.82, 2.24) is 0 Å². The van der Waals surface area contributed by atoms with Crippen molar-refractivity contribution in [3.63, 3.8) is 0 Å². The van der Waals surface area contributed by atoms with E-state index in [4.69, 9.17) is 16.7 Å². The SMILES string of the molecule is O=C(O)CC1(Nc2ccc(Cl)cc2[N+](=O)[O-])CCC1. The van der Waals surface area contributed by atoms with Gasteiger partial charge in [0.25, 0.3) is 5.69 Å². The number of nitrogens with zero attached hydrogens (tertiary/aromatic N) is 1. The summed E-state index contributed by atoms with van der Waals surface area (Å²) in [7, 11) is 0. The van der Waals surface area contributed by atoms with E-state index in [9.17, 15) is 14.9 Å². The molecule has 0 radical (unpaired) electrons. The highest BCUT2D eigenvalue weighted by atomic mass is 35.5. The van der Waals surface area contributed by atoms with Gasteiger partial charge in [0.15, 0.2) is 0 Å². The second kappa shape index (κ2) is 5.05. The van der Waals surface area contributed by atoms with Crippen LogP contribution in [0.4, 0.5) is 11.4 Å². The normalized spacial score (nSPS) is 16.5. The van der Waals surface area contributed by atoms with Gasteiger partial charge in [0.2, 0.25) is 0 Å². The van der Waals surface area contributed by atoms with Crippen molar-refractivity contribution >= 4 is 28.9 Å². The minimum Gasteiger partial charge on any atom is -0.481 e. The smallest absolute Gasteiger partial charge is 0.305 e. The van der Waals surface area contributed by atoms with E-state index >= 15 is 0 Å². The number of rotatable bonds is 5. The summed E-state index contributed by atoms with van der Waals surface area (Å²) in [4.78, 5) is 21.3. The van der Waals surface area contributed by atoms with E-state index in [0.29, 0.717) is 18.5 Å². The number of nitro benzene ring substituents is 1. The number of halogens is 1. The van der Waals surface area contributed by atoms with Crippen LogP contribution in [0.2, 0.25) is 5.02 Å². The zero-order valence-corrected chi connectivity index (χ0v) is 10.8.